The maximum absolute atomic E-state index is 12.8. The standard InChI is InChI=1S/C23H23N5O2/c1-16-8-9-19(12-17(16)2)22(29)24-10-11-28-21-20(13-26-28)23(30)27(15-25-21)14-18-6-4-3-5-7-18/h3-9,12-13,15H,10-11,14H2,1-2H3,(H,24,29). The highest BCUT2D eigenvalue weighted by atomic mass is 16.1. The van der Waals surface area contributed by atoms with Crippen molar-refractivity contribution in [3.05, 3.63) is 93.7 Å². The summed E-state index contributed by atoms with van der Waals surface area (Å²) in [5, 5.41) is 7.65. The Bertz CT molecular complexity index is 1260. The van der Waals surface area contributed by atoms with Crippen LogP contribution in [0.4, 0.5) is 0 Å². The molecule has 0 saturated heterocycles. The van der Waals surface area contributed by atoms with Crippen molar-refractivity contribution in [1.29, 1.82) is 0 Å². The Kier molecular flexibility index (Phi) is 5.43. The lowest BCUT2D eigenvalue weighted by atomic mass is 10.1. The number of carbonyl (C=O) groups excluding carboxylic acids is 1. The van der Waals surface area contributed by atoms with Crippen LogP contribution in [0.1, 0.15) is 27.0 Å². The first-order chi connectivity index (χ1) is 14.5. The van der Waals surface area contributed by atoms with Crippen molar-refractivity contribution in [3.8, 4) is 0 Å². The Labute approximate surface area is 174 Å². The van der Waals surface area contributed by atoms with Gasteiger partial charge < -0.3 is 5.32 Å². The van der Waals surface area contributed by atoms with E-state index in [2.05, 4.69) is 15.4 Å². The molecule has 152 valence electrons. The van der Waals surface area contributed by atoms with Crippen LogP contribution in [-0.4, -0.2) is 31.8 Å². The minimum Gasteiger partial charge on any atom is -0.350 e. The van der Waals surface area contributed by atoms with E-state index in [1.54, 1.807) is 15.6 Å². The number of hydrogen-bond acceptors (Lipinski definition) is 4. The lowest BCUT2D eigenvalue weighted by molar-refractivity contribution is 0.0952. The predicted octanol–water partition coefficient (Wildman–Crippen LogP) is 2.69. The second-order valence-corrected chi connectivity index (χ2v) is 7.32. The van der Waals surface area contributed by atoms with Gasteiger partial charge in [-0.15, -0.1) is 0 Å². The van der Waals surface area contributed by atoms with Gasteiger partial charge in [-0.05, 0) is 42.7 Å². The Balaban J connectivity index is 1.45. The average Bonchev–Trinajstić information content (AvgIpc) is 3.16. The minimum absolute atomic E-state index is 0.130. The van der Waals surface area contributed by atoms with Gasteiger partial charge in [-0.25, -0.2) is 9.67 Å². The van der Waals surface area contributed by atoms with Gasteiger partial charge in [-0.3, -0.25) is 14.2 Å². The first-order valence-electron chi connectivity index (χ1n) is 9.83. The van der Waals surface area contributed by atoms with Crippen LogP contribution >= 0.6 is 0 Å². The number of benzene rings is 2. The molecule has 4 rings (SSSR count). The molecule has 0 bridgehead atoms. The number of nitrogens with one attached hydrogen (secondary N) is 1. The number of aryl methyl sites for hydroxylation is 2. The minimum atomic E-state index is -0.132. The van der Waals surface area contributed by atoms with E-state index in [0.29, 0.717) is 36.2 Å². The number of rotatable bonds is 6. The molecule has 30 heavy (non-hydrogen) atoms. The summed E-state index contributed by atoms with van der Waals surface area (Å²) in [5.74, 6) is -0.132. The molecule has 2 aromatic heterocycles. The van der Waals surface area contributed by atoms with Crippen LogP contribution in [0, 0.1) is 13.8 Å². The molecule has 0 fully saturated rings. The monoisotopic (exact) mass is 401 g/mol. The molecule has 4 aromatic rings. The molecule has 2 heterocycles. The van der Waals surface area contributed by atoms with Gasteiger partial charge in [0.05, 0.1) is 19.3 Å². The third-order valence-corrected chi connectivity index (χ3v) is 5.20. The van der Waals surface area contributed by atoms with Crippen molar-refractivity contribution in [2.24, 2.45) is 0 Å². The maximum Gasteiger partial charge on any atom is 0.264 e. The van der Waals surface area contributed by atoms with Crippen molar-refractivity contribution in [2.45, 2.75) is 26.9 Å². The van der Waals surface area contributed by atoms with E-state index in [0.717, 1.165) is 16.7 Å². The molecule has 1 N–H and O–H groups in total. The summed E-state index contributed by atoms with van der Waals surface area (Å²) in [4.78, 5) is 29.6. The van der Waals surface area contributed by atoms with E-state index in [1.165, 1.54) is 6.20 Å². The molecule has 0 aliphatic heterocycles. The topological polar surface area (TPSA) is 81.8 Å². The second-order valence-electron chi connectivity index (χ2n) is 7.32. The van der Waals surface area contributed by atoms with E-state index >= 15 is 0 Å². The molecule has 7 heteroatoms. The Hall–Kier alpha value is -3.74. The van der Waals surface area contributed by atoms with Crippen molar-refractivity contribution in [2.75, 3.05) is 6.54 Å². The van der Waals surface area contributed by atoms with Crippen LogP contribution in [0.5, 0.6) is 0 Å². The molecule has 0 unspecified atom stereocenters. The van der Waals surface area contributed by atoms with E-state index in [4.69, 9.17) is 0 Å². The van der Waals surface area contributed by atoms with Gasteiger partial charge in [0.2, 0.25) is 0 Å². The van der Waals surface area contributed by atoms with Crippen LogP contribution in [0.25, 0.3) is 11.0 Å². The zero-order valence-corrected chi connectivity index (χ0v) is 17.0. The van der Waals surface area contributed by atoms with Crippen molar-refractivity contribution in [3.63, 3.8) is 0 Å². The Morgan fingerprint density at radius 1 is 1.07 bits per heavy atom. The summed E-state index contributed by atoms with van der Waals surface area (Å²) >= 11 is 0. The molecule has 0 aliphatic carbocycles. The third kappa shape index (κ3) is 4.00. The van der Waals surface area contributed by atoms with Gasteiger partial charge in [0.15, 0.2) is 5.65 Å². The summed E-state index contributed by atoms with van der Waals surface area (Å²) in [5.41, 5.74) is 4.28. The van der Waals surface area contributed by atoms with E-state index < -0.39 is 0 Å². The van der Waals surface area contributed by atoms with Crippen molar-refractivity contribution >= 4 is 16.9 Å². The summed E-state index contributed by atoms with van der Waals surface area (Å²) in [6.45, 7) is 5.27. The van der Waals surface area contributed by atoms with Gasteiger partial charge in [0.1, 0.15) is 11.7 Å². The SMILES string of the molecule is Cc1ccc(C(=O)NCCn2ncc3c(=O)n(Cc4ccccc4)cnc32)cc1C. The highest BCUT2D eigenvalue weighted by molar-refractivity contribution is 5.94. The zero-order valence-electron chi connectivity index (χ0n) is 17.0. The first-order valence-corrected chi connectivity index (χ1v) is 9.83. The lowest BCUT2D eigenvalue weighted by Gasteiger charge is -2.08. The van der Waals surface area contributed by atoms with E-state index in [-0.39, 0.29) is 11.5 Å². The fraction of sp³-hybridized carbons (Fsp3) is 0.217. The first kappa shape index (κ1) is 19.6. The molecule has 0 aliphatic rings. The van der Waals surface area contributed by atoms with Crippen LogP contribution in [-0.2, 0) is 13.1 Å². The maximum atomic E-state index is 12.8. The van der Waals surface area contributed by atoms with Crippen LogP contribution in [0.15, 0.2) is 65.8 Å². The molecular formula is C23H23N5O2. The number of hydrogen-bond donors (Lipinski definition) is 1. The average molecular weight is 401 g/mol. The van der Waals surface area contributed by atoms with E-state index in [1.807, 2.05) is 62.4 Å². The highest BCUT2D eigenvalue weighted by Gasteiger charge is 2.11. The van der Waals surface area contributed by atoms with Crippen molar-refractivity contribution < 1.29 is 4.79 Å². The van der Waals surface area contributed by atoms with Crippen LogP contribution < -0.4 is 10.9 Å². The van der Waals surface area contributed by atoms with Gasteiger partial charge >= 0.3 is 0 Å². The number of aromatic nitrogens is 4. The quantitative estimate of drug-likeness (QED) is 0.539. The van der Waals surface area contributed by atoms with Gasteiger partial charge in [-0.1, -0.05) is 36.4 Å². The van der Waals surface area contributed by atoms with Gasteiger partial charge in [0.25, 0.3) is 11.5 Å². The van der Waals surface area contributed by atoms with Crippen LogP contribution in [0.3, 0.4) is 0 Å². The summed E-state index contributed by atoms with van der Waals surface area (Å²) in [6, 6.07) is 15.4. The molecule has 0 saturated carbocycles. The molecule has 0 radical (unpaired) electrons. The number of nitrogens with zero attached hydrogens (tertiary/aromatic N) is 4. The van der Waals surface area contributed by atoms with Gasteiger partial charge in [-0.2, -0.15) is 5.10 Å². The van der Waals surface area contributed by atoms with Crippen molar-refractivity contribution in [1.82, 2.24) is 24.6 Å². The number of amides is 1. The molecule has 1 amide bonds. The summed E-state index contributed by atoms with van der Waals surface area (Å²) in [7, 11) is 0. The molecule has 0 spiro atoms. The normalized spacial score (nSPS) is 11.0. The fourth-order valence-electron chi connectivity index (χ4n) is 3.31. The fourth-order valence-corrected chi connectivity index (χ4v) is 3.31. The molecule has 7 nitrogen and oxygen atoms in total. The summed E-state index contributed by atoms with van der Waals surface area (Å²) < 4.78 is 3.22. The molecular weight excluding hydrogens is 378 g/mol. The largest absolute Gasteiger partial charge is 0.350 e. The Morgan fingerprint density at radius 2 is 1.87 bits per heavy atom. The number of carbonyl (C=O) groups is 1. The molecule has 2 aromatic carbocycles. The van der Waals surface area contributed by atoms with Gasteiger partial charge in [0, 0.05) is 12.1 Å². The van der Waals surface area contributed by atoms with Crippen LogP contribution in [0.2, 0.25) is 0 Å². The highest BCUT2D eigenvalue weighted by Crippen LogP contribution is 2.10. The summed E-state index contributed by atoms with van der Waals surface area (Å²) in [6.07, 6.45) is 3.08. The Morgan fingerprint density at radius 3 is 2.63 bits per heavy atom. The number of fused-ring (bicyclic) bond motifs is 1. The zero-order chi connectivity index (χ0) is 21.1. The third-order valence-electron chi connectivity index (χ3n) is 5.20. The predicted molar refractivity (Wildman–Crippen MR) is 116 cm³/mol. The molecule has 0 atom stereocenters. The smallest absolute Gasteiger partial charge is 0.264 e. The van der Waals surface area contributed by atoms with E-state index in [9.17, 15) is 9.59 Å². The second kappa shape index (κ2) is 8.32. The lowest BCUT2D eigenvalue weighted by Crippen LogP contribution is -2.28.